The van der Waals surface area contributed by atoms with Crippen LogP contribution in [0.25, 0.3) is 5.69 Å². The van der Waals surface area contributed by atoms with E-state index in [9.17, 15) is 4.79 Å². The van der Waals surface area contributed by atoms with Crippen molar-refractivity contribution in [2.24, 2.45) is 0 Å². The van der Waals surface area contributed by atoms with E-state index in [0.717, 1.165) is 24.3 Å². The zero-order valence-electron chi connectivity index (χ0n) is 16.2. The Morgan fingerprint density at radius 2 is 1.82 bits per heavy atom. The molecule has 7 heteroatoms. The molecule has 0 aliphatic carbocycles. The lowest BCUT2D eigenvalue weighted by atomic mass is 10.0. The van der Waals surface area contributed by atoms with Gasteiger partial charge in [-0.25, -0.2) is 0 Å². The Balaban J connectivity index is 1.51. The number of hydrogen-bond donors (Lipinski definition) is 0. The predicted molar refractivity (Wildman–Crippen MR) is 111 cm³/mol. The van der Waals surface area contributed by atoms with Crippen LogP contribution in [0.3, 0.4) is 0 Å². The summed E-state index contributed by atoms with van der Waals surface area (Å²) in [6.07, 6.45) is 0.902. The first-order valence-electron chi connectivity index (χ1n) is 9.49. The largest absolute Gasteiger partial charge is 0.311 e. The van der Waals surface area contributed by atoms with Crippen LogP contribution in [0.15, 0.2) is 53.7 Å². The van der Waals surface area contributed by atoms with E-state index in [1.165, 1.54) is 22.9 Å². The Kier molecular flexibility index (Phi) is 5.17. The third-order valence-corrected chi connectivity index (χ3v) is 6.05. The van der Waals surface area contributed by atoms with Gasteiger partial charge >= 0.3 is 0 Å². The predicted octanol–water partition coefficient (Wildman–Crippen LogP) is 3.86. The van der Waals surface area contributed by atoms with E-state index >= 15 is 0 Å². The number of carbonyl (C=O) groups is 1. The van der Waals surface area contributed by atoms with Crippen LogP contribution in [0.2, 0.25) is 0 Å². The Labute approximate surface area is 168 Å². The summed E-state index contributed by atoms with van der Waals surface area (Å²) in [5.41, 5.74) is 4.40. The quantitative estimate of drug-likeness (QED) is 0.616. The van der Waals surface area contributed by atoms with Crippen LogP contribution in [-0.4, -0.2) is 37.9 Å². The molecule has 144 valence electrons. The topological polar surface area (TPSA) is 63.9 Å². The molecule has 2 heterocycles. The Morgan fingerprint density at radius 1 is 1.07 bits per heavy atom. The van der Waals surface area contributed by atoms with E-state index in [0.29, 0.717) is 11.1 Å². The van der Waals surface area contributed by atoms with Crippen LogP contribution in [0.5, 0.6) is 0 Å². The number of nitrogens with zero attached hydrogens (tertiary/aromatic N) is 5. The second kappa shape index (κ2) is 7.75. The maximum absolute atomic E-state index is 13.0. The van der Waals surface area contributed by atoms with Gasteiger partial charge in [-0.1, -0.05) is 55.9 Å². The zero-order valence-corrected chi connectivity index (χ0v) is 17.1. The molecule has 1 aliphatic rings. The average Bonchev–Trinajstić information content (AvgIpc) is 3.34. The molecule has 0 unspecified atom stereocenters. The van der Waals surface area contributed by atoms with Crippen LogP contribution in [-0.2, 0) is 11.2 Å². The van der Waals surface area contributed by atoms with Crippen molar-refractivity contribution >= 4 is 23.4 Å². The van der Waals surface area contributed by atoms with Crippen LogP contribution in [0, 0.1) is 0 Å². The van der Waals surface area contributed by atoms with Crippen LogP contribution < -0.4 is 4.90 Å². The fourth-order valence-corrected chi connectivity index (χ4v) is 4.28. The van der Waals surface area contributed by atoms with Gasteiger partial charge in [-0.05, 0) is 59.0 Å². The number of anilines is 1. The lowest BCUT2D eigenvalue weighted by Gasteiger charge is -2.21. The lowest BCUT2D eigenvalue weighted by Crippen LogP contribution is -2.35. The van der Waals surface area contributed by atoms with Gasteiger partial charge in [-0.2, -0.15) is 4.68 Å². The number of thioether (sulfide) groups is 1. The highest BCUT2D eigenvalue weighted by Gasteiger charge is 2.29. The fraction of sp³-hybridized carbons (Fsp3) is 0.333. The minimum Gasteiger partial charge on any atom is -0.311 e. The van der Waals surface area contributed by atoms with Gasteiger partial charge in [-0.3, -0.25) is 4.79 Å². The standard InChI is InChI=1S/C21H23N5OS/c1-14(2)16-8-10-18(11-9-16)26-21(22-23-24-26)28-15(3)20(27)25-13-12-17-6-4-5-7-19(17)25/h4-11,14-15H,12-13H2,1-3H3/t15-/m0/s1. The van der Waals surface area contributed by atoms with Crippen LogP contribution in [0.4, 0.5) is 5.69 Å². The molecule has 3 aromatic rings. The van der Waals surface area contributed by atoms with E-state index in [4.69, 9.17) is 0 Å². The maximum atomic E-state index is 13.0. The lowest BCUT2D eigenvalue weighted by molar-refractivity contribution is -0.117. The normalized spacial score (nSPS) is 14.4. The van der Waals surface area contributed by atoms with Crippen molar-refractivity contribution in [2.45, 2.75) is 43.5 Å². The highest BCUT2D eigenvalue weighted by atomic mass is 32.2. The molecule has 0 bridgehead atoms. The van der Waals surface area contributed by atoms with Gasteiger partial charge in [0.1, 0.15) is 0 Å². The molecule has 4 rings (SSSR count). The molecular formula is C21H23N5OS. The number of para-hydroxylation sites is 1. The summed E-state index contributed by atoms with van der Waals surface area (Å²) in [5.74, 6) is 0.553. The summed E-state index contributed by atoms with van der Waals surface area (Å²) in [4.78, 5) is 14.9. The number of tetrazole rings is 1. The van der Waals surface area contributed by atoms with Crippen molar-refractivity contribution in [3.05, 3.63) is 59.7 Å². The molecule has 1 aliphatic heterocycles. The second-order valence-corrected chi connectivity index (χ2v) is 8.56. The van der Waals surface area contributed by atoms with Gasteiger partial charge < -0.3 is 4.90 Å². The summed E-state index contributed by atoms with van der Waals surface area (Å²) in [7, 11) is 0. The summed E-state index contributed by atoms with van der Waals surface area (Å²) in [5, 5.41) is 12.4. The highest BCUT2D eigenvalue weighted by Crippen LogP contribution is 2.31. The summed E-state index contributed by atoms with van der Waals surface area (Å²) >= 11 is 1.39. The third-order valence-electron chi connectivity index (χ3n) is 5.03. The first-order chi connectivity index (χ1) is 13.5. The van der Waals surface area contributed by atoms with Gasteiger partial charge in [0, 0.05) is 12.2 Å². The van der Waals surface area contributed by atoms with E-state index < -0.39 is 0 Å². The van der Waals surface area contributed by atoms with Crippen molar-refractivity contribution in [3.8, 4) is 5.69 Å². The van der Waals surface area contributed by atoms with E-state index in [1.54, 1.807) is 4.68 Å². The molecule has 6 nitrogen and oxygen atoms in total. The summed E-state index contributed by atoms with van der Waals surface area (Å²) in [6.45, 7) is 6.97. The first kappa shape index (κ1) is 18.7. The Bertz CT molecular complexity index is 982. The molecule has 1 aromatic heterocycles. The maximum Gasteiger partial charge on any atom is 0.240 e. The molecule has 0 fully saturated rings. The number of rotatable bonds is 5. The van der Waals surface area contributed by atoms with Crippen molar-refractivity contribution < 1.29 is 4.79 Å². The first-order valence-corrected chi connectivity index (χ1v) is 10.4. The molecule has 0 saturated carbocycles. The zero-order chi connectivity index (χ0) is 19.7. The molecule has 0 saturated heterocycles. The minimum atomic E-state index is -0.286. The Hall–Kier alpha value is -2.67. The number of benzene rings is 2. The number of carbonyl (C=O) groups excluding carboxylic acids is 1. The van der Waals surface area contributed by atoms with Gasteiger partial charge in [0.25, 0.3) is 0 Å². The monoisotopic (exact) mass is 393 g/mol. The SMILES string of the molecule is CC(C)c1ccc(-n2nnnc2S[C@@H](C)C(=O)N2CCc3ccccc32)cc1. The Morgan fingerprint density at radius 3 is 2.57 bits per heavy atom. The third kappa shape index (κ3) is 3.54. The van der Waals surface area contributed by atoms with Crippen molar-refractivity contribution in [2.75, 3.05) is 11.4 Å². The van der Waals surface area contributed by atoms with Crippen molar-refractivity contribution in [1.82, 2.24) is 20.2 Å². The van der Waals surface area contributed by atoms with Crippen LogP contribution in [0.1, 0.15) is 37.8 Å². The molecule has 0 N–H and O–H groups in total. The second-order valence-electron chi connectivity index (χ2n) is 7.25. The number of fused-ring (bicyclic) bond motifs is 1. The van der Waals surface area contributed by atoms with Gasteiger partial charge in [0.15, 0.2) is 0 Å². The molecule has 0 spiro atoms. The van der Waals surface area contributed by atoms with E-state index in [-0.39, 0.29) is 11.2 Å². The number of aromatic nitrogens is 4. The minimum absolute atomic E-state index is 0.0830. The smallest absolute Gasteiger partial charge is 0.240 e. The average molecular weight is 394 g/mol. The molecule has 1 atom stereocenters. The molecule has 0 radical (unpaired) electrons. The molecular weight excluding hydrogens is 370 g/mol. The van der Waals surface area contributed by atoms with Crippen molar-refractivity contribution in [1.29, 1.82) is 0 Å². The number of hydrogen-bond acceptors (Lipinski definition) is 5. The van der Waals surface area contributed by atoms with Gasteiger partial charge in [-0.15, -0.1) is 5.10 Å². The van der Waals surface area contributed by atoms with Crippen LogP contribution >= 0.6 is 11.8 Å². The number of amides is 1. The van der Waals surface area contributed by atoms with E-state index in [2.05, 4.69) is 47.6 Å². The molecule has 1 amide bonds. The summed E-state index contributed by atoms with van der Waals surface area (Å²) in [6, 6.07) is 16.3. The van der Waals surface area contributed by atoms with Crippen molar-refractivity contribution in [3.63, 3.8) is 0 Å². The highest BCUT2D eigenvalue weighted by molar-refractivity contribution is 8.00. The van der Waals surface area contributed by atoms with Gasteiger partial charge in [0.2, 0.25) is 11.1 Å². The molecule has 2 aromatic carbocycles. The summed E-state index contributed by atoms with van der Waals surface area (Å²) < 4.78 is 1.69. The van der Waals surface area contributed by atoms with E-state index in [1.807, 2.05) is 42.2 Å². The van der Waals surface area contributed by atoms with Gasteiger partial charge in [0.05, 0.1) is 10.9 Å². The fourth-order valence-electron chi connectivity index (χ4n) is 3.41. The molecule has 28 heavy (non-hydrogen) atoms.